The molecule has 0 bridgehead atoms. The lowest BCUT2D eigenvalue weighted by atomic mass is 10.1. The SMILES string of the molecule is Cc1csc(CNC[C@H](O)c2ccc(Cl)c(F)c2)n1. The van der Waals surface area contributed by atoms with Gasteiger partial charge in [-0.05, 0) is 24.6 Å². The number of benzene rings is 1. The van der Waals surface area contributed by atoms with Crippen molar-refractivity contribution in [1.82, 2.24) is 10.3 Å². The first kappa shape index (κ1) is 14.4. The minimum Gasteiger partial charge on any atom is -0.387 e. The highest BCUT2D eigenvalue weighted by Crippen LogP contribution is 2.20. The van der Waals surface area contributed by atoms with Crippen LogP contribution in [0.3, 0.4) is 0 Å². The molecule has 0 saturated heterocycles. The van der Waals surface area contributed by atoms with Gasteiger partial charge in [0, 0.05) is 24.2 Å². The Morgan fingerprint density at radius 1 is 1.53 bits per heavy atom. The molecule has 102 valence electrons. The molecule has 0 saturated carbocycles. The van der Waals surface area contributed by atoms with Crippen molar-refractivity contribution in [3.8, 4) is 0 Å². The van der Waals surface area contributed by atoms with Gasteiger partial charge in [0.25, 0.3) is 0 Å². The molecule has 1 aromatic heterocycles. The summed E-state index contributed by atoms with van der Waals surface area (Å²) in [4.78, 5) is 4.30. The zero-order valence-electron chi connectivity index (χ0n) is 10.4. The van der Waals surface area contributed by atoms with E-state index in [2.05, 4.69) is 10.3 Å². The summed E-state index contributed by atoms with van der Waals surface area (Å²) in [6, 6.07) is 4.31. The first-order valence-corrected chi connectivity index (χ1v) is 7.07. The van der Waals surface area contributed by atoms with Crippen LogP contribution < -0.4 is 5.32 Å². The second-order valence-corrected chi connectivity index (χ2v) is 5.55. The van der Waals surface area contributed by atoms with Gasteiger partial charge in [0.15, 0.2) is 0 Å². The molecule has 2 N–H and O–H groups in total. The lowest BCUT2D eigenvalue weighted by Crippen LogP contribution is -2.21. The number of nitrogens with one attached hydrogen (secondary N) is 1. The molecule has 1 atom stereocenters. The number of aryl methyl sites for hydroxylation is 1. The zero-order valence-corrected chi connectivity index (χ0v) is 11.9. The number of halogens is 2. The van der Waals surface area contributed by atoms with Crippen molar-refractivity contribution in [3.05, 3.63) is 50.7 Å². The van der Waals surface area contributed by atoms with Gasteiger partial charge in [0.1, 0.15) is 10.8 Å². The van der Waals surface area contributed by atoms with Crippen LogP contribution in [0.1, 0.15) is 22.4 Å². The molecule has 6 heteroatoms. The van der Waals surface area contributed by atoms with E-state index in [1.165, 1.54) is 12.1 Å². The maximum absolute atomic E-state index is 13.3. The molecule has 0 radical (unpaired) electrons. The molecule has 1 heterocycles. The molecule has 2 aromatic rings. The lowest BCUT2D eigenvalue weighted by molar-refractivity contribution is 0.174. The molecule has 3 nitrogen and oxygen atoms in total. The third-order valence-corrected chi connectivity index (χ3v) is 3.88. The Morgan fingerprint density at radius 3 is 2.95 bits per heavy atom. The minimum atomic E-state index is -0.771. The van der Waals surface area contributed by atoms with Gasteiger partial charge >= 0.3 is 0 Å². The van der Waals surface area contributed by atoms with Gasteiger partial charge in [-0.25, -0.2) is 9.37 Å². The summed E-state index contributed by atoms with van der Waals surface area (Å²) >= 11 is 7.16. The summed E-state index contributed by atoms with van der Waals surface area (Å²) in [7, 11) is 0. The number of thiazole rings is 1. The third kappa shape index (κ3) is 3.98. The van der Waals surface area contributed by atoms with Gasteiger partial charge in [-0.3, -0.25) is 0 Å². The molecular weight excluding hydrogens is 287 g/mol. The Kier molecular flexibility index (Phi) is 4.87. The standard InChI is InChI=1S/C13H14ClFN2OS/c1-8-7-19-13(17-8)6-16-5-12(18)9-2-3-10(14)11(15)4-9/h2-4,7,12,16,18H,5-6H2,1H3/t12-/m0/s1. The molecular formula is C13H14ClFN2OS. The number of aromatic nitrogens is 1. The van der Waals surface area contributed by atoms with E-state index >= 15 is 0 Å². The van der Waals surface area contributed by atoms with Gasteiger partial charge in [-0.15, -0.1) is 11.3 Å². The Hall–Kier alpha value is -1.01. The predicted octanol–water partition coefficient (Wildman–Crippen LogP) is 3.07. The van der Waals surface area contributed by atoms with Crippen molar-refractivity contribution in [2.24, 2.45) is 0 Å². The normalized spacial score (nSPS) is 12.6. The fraction of sp³-hybridized carbons (Fsp3) is 0.308. The highest BCUT2D eigenvalue weighted by Gasteiger charge is 2.10. The van der Waals surface area contributed by atoms with Gasteiger partial charge < -0.3 is 10.4 Å². The van der Waals surface area contributed by atoms with Gasteiger partial charge in [0.2, 0.25) is 0 Å². The Labute approximate surface area is 120 Å². The quantitative estimate of drug-likeness (QED) is 0.892. The van der Waals surface area contributed by atoms with Crippen LogP contribution in [0.15, 0.2) is 23.6 Å². The second kappa shape index (κ2) is 6.43. The Morgan fingerprint density at radius 2 is 2.32 bits per heavy atom. The maximum Gasteiger partial charge on any atom is 0.142 e. The summed E-state index contributed by atoms with van der Waals surface area (Å²) in [6.07, 6.45) is -0.771. The fourth-order valence-electron chi connectivity index (χ4n) is 1.64. The van der Waals surface area contributed by atoms with Crippen molar-refractivity contribution < 1.29 is 9.50 Å². The maximum atomic E-state index is 13.3. The fourth-order valence-corrected chi connectivity index (χ4v) is 2.50. The van der Waals surface area contributed by atoms with Crippen LogP contribution in [0.25, 0.3) is 0 Å². The van der Waals surface area contributed by atoms with Crippen LogP contribution in [0.2, 0.25) is 5.02 Å². The van der Waals surface area contributed by atoms with Crippen molar-refractivity contribution >= 4 is 22.9 Å². The highest BCUT2D eigenvalue weighted by atomic mass is 35.5. The monoisotopic (exact) mass is 300 g/mol. The number of nitrogens with zero attached hydrogens (tertiary/aromatic N) is 1. The highest BCUT2D eigenvalue weighted by molar-refractivity contribution is 7.09. The lowest BCUT2D eigenvalue weighted by Gasteiger charge is -2.12. The molecule has 2 rings (SSSR count). The number of aliphatic hydroxyl groups excluding tert-OH is 1. The minimum absolute atomic E-state index is 0.0576. The van der Waals surface area contributed by atoms with E-state index in [1.54, 1.807) is 17.4 Å². The zero-order chi connectivity index (χ0) is 13.8. The molecule has 1 aromatic carbocycles. The molecule has 0 unspecified atom stereocenters. The predicted molar refractivity (Wildman–Crippen MR) is 74.9 cm³/mol. The van der Waals surface area contributed by atoms with E-state index < -0.39 is 11.9 Å². The van der Waals surface area contributed by atoms with E-state index in [9.17, 15) is 9.50 Å². The molecule has 0 spiro atoms. The summed E-state index contributed by atoms with van der Waals surface area (Å²) in [5.41, 5.74) is 1.49. The number of rotatable bonds is 5. The van der Waals surface area contributed by atoms with Crippen molar-refractivity contribution in [2.45, 2.75) is 19.6 Å². The van der Waals surface area contributed by atoms with Gasteiger partial charge in [0.05, 0.1) is 11.1 Å². The summed E-state index contributed by atoms with van der Waals surface area (Å²) in [6.45, 7) is 2.86. The molecule has 19 heavy (non-hydrogen) atoms. The molecule has 0 fully saturated rings. The average Bonchev–Trinajstić information content (AvgIpc) is 2.78. The summed E-state index contributed by atoms with van der Waals surface area (Å²) < 4.78 is 13.3. The van der Waals surface area contributed by atoms with E-state index in [0.717, 1.165) is 10.7 Å². The van der Waals surface area contributed by atoms with Crippen molar-refractivity contribution in [2.75, 3.05) is 6.54 Å². The number of hydrogen-bond donors (Lipinski definition) is 2. The first-order valence-electron chi connectivity index (χ1n) is 5.81. The van der Waals surface area contributed by atoms with Crippen LogP contribution in [0.5, 0.6) is 0 Å². The summed E-state index contributed by atoms with van der Waals surface area (Å²) in [5, 5.41) is 16.0. The van der Waals surface area contributed by atoms with E-state index in [4.69, 9.17) is 11.6 Å². The van der Waals surface area contributed by atoms with Crippen molar-refractivity contribution in [1.29, 1.82) is 0 Å². The van der Waals surface area contributed by atoms with Gasteiger partial charge in [-0.1, -0.05) is 17.7 Å². The van der Waals surface area contributed by atoms with Crippen LogP contribution in [0, 0.1) is 12.7 Å². The van der Waals surface area contributed by atoms with E-state index in [-0.39, 0.29) is 5.02 Å². The van der Waals surface area contributed by atoms with Crippen LogP contribution in [0.4, 0.5) is 4.39 Å². The topological polar surface area (TPSA) is 45.1 Å². The summed E-state index contributed by atoms with van der Waals surface area (Å²) in [5.74, 6) is -0.520. The second-order valence-electron chi connectivity index (χ2n) is 4.20. The Bertz CT molecular complexity index is 561. The average molecular weight is 301 g/mol. The third-order valence-electron chi connectivity index (χ3n) is 2.61. The molecule has 0 aliphatic heterocycles. The first-order chi connectivity index (χ1) is 9.06. The molecule has 0 aliphatic rings. The van der Waals surface area contributed by atoms with Crippen molar-refractivity contribution in [3.63, 3.8) is 0 Å². The Balaban J connectivity index is 1.86. The molecule has 0 amide bonds. The number of hydrogen-bond acceptors (Lipinski definition) is 4. The molecule has 0 aliphatic carbocycles. The van der Waals surface area contributed by atoms with E-state index in [1.807, 2.05) is 12.3 Å². The number of aliphatic hydroxyl groups is 1. The van der Waals surface area contributed by atoms with Crippen LogP contribution in [-0.2, 0) is 6.54 Å². The van der Waals surface area contributed by atoms with Crippen LogP contribution in [-0.4, -0.2) is 16.6 Å². The smallest absolute Gasteiger partial charge is 0.142 e. The largest absolute Gasteiger partial charge is 0.387 e. The van der Waals surface area contributed by atoms with Crippen LogP contribution >= 0.6 is 22.9 Å². The van der Waals surface area contributed by atoms with Gasteiger partial charge in [-0.2, -0.15) is 0 Å². The van der Waals surface area contributed by atoms with E-state index in [0.29, 0.717) is 18.7 Å².